The van der Waals surface area contributed by atoms with E-state index in [-0.39, 0.29) is 17.6 Å². The van der Waals surface area contributed by atoms with Crippen LogP contribution in [0.25, 0.3) is 17.0 Å². The predicted octanol–water partition coefficient (Wildman–Crippen LogP) is 6.27. The first kappa shape index (κ1) is 28.0. The van der Waals surface area contributed by atoms with Crippen LogP contribution in [-0.4, -0.2) is 49.8 Å². The van der Waals surface area contributed by atoms with Gasteiger partial charge in [-0.05, 0) is 66.9 Å². The van der Waals surface area contributed by atoms with Crippen molar-refractivity contribution in [2.75, 3.05) is 39.2 Å². The number of hydrogen-bond acceptors (Lipinski definition) is 5. The maximum atomic E-state index is 14.4. The molecule has 0 fully saturated rings. The van der Waals surface area contributed by atoms with Crippen LogP contribution in [-0.2, 0) is 6.42 Å². The van der Waals surface area contributed by atoms with Crippen molar-refractivity contribution in [3.8, 4) is 11.5 Å². The number of para-hydroxylation sites is 1. The average molecular weight is 559 g/mol. The monoisotopic (exact) mass is 558 g/mol. The number of carbonyl (C=O) groups is 1. The van der Waals surface area contributed by atoms with E-state index in [0.717, 1.165) is 46.3 Å². The Hall–Kier alpha value is -4.50. The molecule has 0 saturated heterocycles. The molecule has 4 aromatic rings. The Balaban J connectivity index is 1.34. The van der Waals surface area contributed by atoms with Gasteiger partial charge in [-0.15, -0.1) is 0 Å². The number of carbonyl (C=O) groups excluding carboxylic acids is 1. The van der Waals surface area contributed by atoms with Crippen LogP contribution in [0, 0.1) is 18.6 Å². The first-order chi connectivity index (χ1) is 19.9. The van der Waals surface area contributed by atoms with E-state index in [2.05, 4.69) is 20.5 Å². The van der Waals surface area contributed by atoms with Crippen LogP contribution in [0.5, 0.6) is 11.5 Å². The van der Waals surface area contributed by atoms with Crippen molar-refractivity contribution in [2.45, 2.75) is 19.4 Å². The second kappa shape index (κ2) is 12.3. The molecular weight excluding hydrogens is 526 g/mol. The number of pyridine rings is 1. The van der Waals surface area contributed by atoms with Crippen LogP contribution in [0.2, 0.25) is 0 Å². The molecule has 1 aliphatic heterocycles. The molecule has 1 unspecified atom stereocenters. The van der Waals surface area contributed by atoms with Crippen molar-refractivity contribution in [3.63, 3.8) is 0 Å². The highest BCUT2D eigenvalue weighted by molar-refractivity contribution is 6.00. The highest BCUT2D eigenvalue weighted by atomic mass is 19.1. The Labute approximate surface area is 237 Å². The minimum absolute atomic E-state index is 0.162. The Bertz CT molecular complexity index is 1610. The van der Waals surface area contributed by atoms with E-state index in [1.54, 1.807) is 20.3 Å². The Morgan fingerprint density at radius 3 is 2.66 bits per heavy atom. The van der Waals surface area contributed by atoms with Crippen molar-refractivity contribution in [1.82, 2.24) is 15.2 Å². The van der Waals surface area contributed by atoms with Gasteiger partial charge in [0, 0.05) is 36.3 Å². The van der Waals surface area contributed by atoms with Gasteiger partial charge in [0.15, 0.2) is 11.5 Å². The number of hydrogen-bond donors (Lipinski definition) is 2. The number of halogens is 2. The molecule has 0 saturated carbocycles. The van der Waals surface area contributed by atoms with Crippen LogP contribution >= 0.6 is 0 Å². The number of methoxy groups -OCH3 is 2. The van der Waals surface area contributed by atoms with Gasteiger partial charge in [0.05, 0.1) is 31.5 Å². The lowest BCUT2D eigenvalue weighted by Gasteiger charge is -2.36. The van der Waals surface area contributed by atoms with Crippen LogP contribution in [0.3, 0.4) is 0 Å². The Kier molecular flexibility index (Phi) is 8.45. The number of nitrogens with one attached hydrogen (secondary N) is 2. The third-order valence-electron chi connectivity index (χ3n) is 7.22. The minimum Gasteiger partial charge on any atom is -0.493 e. The normalized spacial score (nSPS) is 15.1. The van der Waals surface area contributed by atoms with Crippen LogP contribution in [0.1, 0.15) is 28.4 Å². The highest BCUT2D eigenvalue weighted by Crippen LogP contribution is 2.39. The quantitative estimate of drug-likeness (QED) is 0.267. The average Bonchev–Trinajstić information content (AvgIpc) is 2.97. The number of aryl methyl sites for hydroxylation is 1. The zero-order valence-electron chi connectivity index (χ0n) is 23.2. The largest absolute Gasteiger partial charge is 0.493 e. The number of anilines is 1. The van der Waals surface area contributed by atoms with Crippen LogP contribution < -0.4 is 20.1 Å². The second-order valence-electron chi connectivity index (χ2n) is 9.87. The lowest BCUT2D eigenvalue weighted by atomic mass is 9.91. The maximum absolute atomic E-state index is 14.4. The molecule has 0 bridgehead atoms. The lowest BCUT2D eigenvalue weighted by Crippen LogP contribution is -2.41. The van der Waals surface area contributed by atoms with Gasteiger partial charge in [0.25, 0.3) is 0 Å². The summed E-state index contributed by atoms with van der Waals surface area (Å²) in [6.07, 6.45) is 4.20. The van der Waals surface area contributed by atoms with Gasteiger partial charge in [-0.1, -0.05) is 30.4 Å². The lowest BCUT2D eigenvalue weighted by molar-refractivity contribution is 0.216. The molecule has 1 aliphatic rings. The number of amides is 2. The van der Waals surface area contributed by atoms with E-state index < -0.39 is 11.6 Å². The van der Waals surface area contributed by atoms with Gasteiger partial charge < -0.3 is 20.1 Å². The summed E-state index contributed by atoms with van der Waals surface area (Å²) in [4.78, 5) is 19.5. The van der Waals surface area contributed by atoms with E-state index in [1.165, 1.54) is 6.07 Å². The van der Waals surface area contributed by atoms with E-state index >= 15 is 0 Å². The number of benzene rings is 3. The Morgan fingerprint density at radius 1 is 1.07 bits per heavy atom. The van der Waals surface area contributed by atoms with Gasteiger partial charge in [0.1, 0.15) is 11.6 Å². The molecule has 0 aliphatic carbocycles. The summed E-state index contributed by atoms with van der Waals surface area (Å²) in [5.74, 6) is 0.206. The molecule has 41 heavy (non-hydrogen) atoms. The number of nitrogens with zero attached hydrogens (tertiary/aromatic N) is 2. The smallest absolute Gasteiger partial charge is 0.319 e. The minimum atomic E-state index is -0.509. The number of fused-ring (bicyclic) bond motifs is 2. The second-order valence-corrected chi connectivity index (χ2v) is 9.87. The third kappa shape index (κ3) is 6.30. The molecule has 7 nitrogen and oxygen atoms in total. The highest BCUT2D eigenvalue weighted by Gasteiger charge is 2.27. The van der Waals surface area contributed by atoms with Crippen LogP contribution in [0.15, 0.2) is 66.7 Å². The number of urea groups is 1. The summed E-state index contributed by atoms with van der Waals surface area (Å²) in [6.45, 7) is 3.48. The molecule has 1 aromatic heterocycles. The summed E-state index contributed by atoms with van der Waals surface area (Å²) in [5, 5.41) is 6.76. The summed E-state index contributed by atoms with van der Waals surface area (Å²) < 4.78 is 39.3. The number of aromatic nitrogens is 1. The predicted molar refractivity (Wildman–Crippen MR) is 156 cm³/mol. The first-order valence-corrected chi connectivity index (χ1v) is 13.4. The topological polar surface area (TPSA) is 75.7 Å². The number of rotatable bonds is 8. The zero-order chi connectivity index (χ0) is 28.9. The fourth-order valence-corrected chi connectivity index (χ4v) is 5.23. The molecule has 2 amide bonds. The standard InChI is InChI=1S/C32H32F2N4O3/c1-20-16-28(24-6-4-5-7-27(24)36-20)37-32(39)35-13-15-38-14-12-21-18-30(40-2)31(41-3)19-25(21)29(38)11-8-22-17-23(33)9-10-26(22)34/h4-11,16-19,29H,12-15H2,1-3H3,(H2,35,36,37,39). The molecule has 3 aromatic carbocycles. The fourth-order valence-electron chi connectivity index (χ4n) is 5.23. The van der Waals surface area contributed by atoms with E-state index in [4.69, 9.17) is 9.47 Å². The van der Waals surface area contributed by atoms with Gasteiger partial charge in [-0.3, -0.25) is 9.88 Å². The first-order valence-electron chi connectivity index (χ1n) is 13.4. The fraction of sp³-hybridized carbons (Fsp3) is 0.250. The molecule has 2 heterocycles. The third-order valence-corrected chi connectivity index (χ3v) is 7.22. The van der Waals surface area contributed by atoms with Crippen molar-refractivity contribution < 1.29 is 23.0 Å². The van der Waals surface area contributed by atoms with Crippen molar-refractivity contribution >= 4 is 28.7 Å². The SMILES string of the molecule is COc1cc2c(cc1OC)C(C=Cc1cc(F)ccc1F)N(CCNC(=O)Nc1cc(C)nc3ccccc13)CC2. The van der Waals surface area contributed by atoms with Crippen molar-refractivity contribution in [2.24, 2.45) is 0 Å². The van der Waals surface area contributed by atoms with E-state index in [1.807, 2.05) is 55.5 Å². The van der Waals surface area contributed by atoms with Gasteiger partial charge in [-0.2, -0.15) is 0 Å². The van der Waals surface area contributed by atoms with E-state index in [9.17, 15) is 13.6 Å². The van der Waals surface area contributed by atoms with Crippen molar-refractivity contribution in [1.29, 1.82) is 0 Å². The molecule has 9 heteroatoms. The molecule has 2 N–H and O–H groups in total. The molecule has 0 radical (unpaired) electrons. The van der Waals surface area contributed by atoms with E-state index in [0.29, 0.717) is 36.8 Å². The Morgan fingerprint density at radius 2 is 1.85 bits per heavy atom. The molecular formula is C32H32F2N4O3. The summed E-state index contributed by atoms with van der Waals surface area (Å²) in [5.41, 5.74) is 4.53. The van der Waals surface area contributed by atoms with Gasteiger partial charge in [0.2, 0.25) is 0 Å². The zero-order valence-corrected chi connectivity index (χ0v) is 23.2. The van der Waals surface area contributed by atoms with Gasteiger partial charge in [-0.25, -0.2) is 13.6 Å². The molecule has 212 valence electrons. The molecule has 5 rings (SSSR count). The number of ether oxygens (including phenoxy) is 2. The van der Waals surface area contributed by atoms with Gasteiger partial charge >= 0.3 is 6.03 Å². The molecule has 1 atom stereocenters. The van der Waals surface area contributed by atoms with Crippen LogP contribution in [0.4, 0.5) is 19.3 Å². The summed E-state index contributed by atoms with van der Waals surface area (Å²) in [6, 6.07) is 16.2. The van der Waals surface area contributed by atoms with Crippen molar-refractivity contribution in [3.05, 3.63) is 101 Å². The summed E-state index contributed by atoms with van der Waals surface area (Å²) in [7, 11) is 3.17. The maximum Gasteiger partial charge on any atom is 0.319 e. The summed E-state index contributed by atoms with van der Waals surface area (Å²) >= 11 is 0. The molecule has 0 spiro atoms.